The summed E-state index contributed by atoms with van der Waals surface area (Å²) in [5.74, 6) is 1.05. The molecule has 1 aromatic carbocycles. The second-order valence-electron chi connectivity index (χ2n) is 6.04. The number of carbonyl (C=O) groups excluding carboxylic acids is 1. The van der Waals surface area contributed by atoms with Gasteiger partial charge in [0.05, 0.1) is 10.5 Å². The van der Waals surface area contributed by atoms with E-state index in [1.165, 1.54) is 12.1 Å². The molecule has 2 heterocycles. The summed E-state index contributed by atoms with van der Waals surface area (Å²) in [5.41, 5.74) is 5.81. The van der Waals surface area contributed by atoms with E-state index in [1.807, 2.05) is 0 Å². The highest BCUT2D eigenvalue weighted by Crippen LogP contribution is 2.30. The lowest BCUT2D eigenvalue weighted by Gasteiger charge is -2.21. The standard InChI is InChI=1S/C15H20N4O3/c16-14-12(2-1-3-13(14)19(21)22)15(20)18-6-4-10-8-17-9-11(10)5-7-18/h1-3,10-11,17H,4-9,16H2/t10-,11+. The third kappa shape index (κ3) is 2.64. The Labute approximate surface area is 128 Å². The number of fused-ring (bicyclic) bond motifs is 1. The lowest BCUT2D eigenvalue weighted by molar-refractivity contribution is -0.383. The van der Waals surface area contributed by atoms with Gasteiger partial charge in [-0.05, 0) is 43.8 Å². The third-order valence-electron chi connectivity index (χ3n) is 4.82. The summed E-state index contributed by atoms with van der Waals surface area (Å²) in [6.45, 7) is 3.41. The van der Waals surface area contributed by atoms with Crippen LogP contribution >= 0.6 is 0 Å². The molecule has 1 aromatic rings. The van der Waals surface area contributed by atoms with E-state index in [0.29, 0.717) is 24.9 Å². The van der Waals surface area contributed by atoms with E-state index >= 15 is 0 Å². The van der Waals surface area contributed by atoms with E-state index in [-0.39, 0.29) is 22.8 Å². The Morgan fingerprint density at radius 3 is 2.50 bits per heavy atom. The number of para-hydroxylation sites is 1. The lowest BCUT2D eigenvalue weighted by Crippen LogP contribution is -2.33. The van der Waals surface area contributed by atoms with Crippen molar-refractivity contribution in [1.29, 1.82) is 0 Å². The van der Waals surface area contributed by atoms with Gasteiger partial charge in [-0.15, -0.1) is 0 Å². The summed E-state index contributed by atoms with van der Waals surface area (Å²) in [5, 5.41) is 14.4. The Bertz CT molecular complexity index is 590. The monoisotopic (exact) mass is 304 g/mol. The fourth-order valence-electron chi connectivity index (χ4n) is 3.49. The molecule has 0 aliphatic carbocycles. The minimum Gasteiger partial charge on any atom is -0.393 e. The zero-order valence-corrected chi connectivity index (χ0v) is 12.3. The van der Waals surface area contributed by atoms with Crippen LogP contribution in [0.3, 0.4) is 0 Å². The summed E-state index contributed by atoms with van der Waals surface area (Å²) in [7, 11) is 0. The van der Waals surface area contributed by atoms with Gasteiger partial charge in [-0.25, -0.2) is 0 Å². The number of benzene rings is 1. The van der Waals surface area contributed by atoms with E-state index in [0.717, 1.165) is 25.9 Å². The Hall–Kier alpha value is -2.15. The quantitative estimate of drug-likeness (QED) is 0.486. The lowest BCUT2D eigenvalue weighted by atomic mass is 9.92. The number of anilines is 1. The predicted octanol–water partition coefficient (Wildman–Crippen LogP) is 1.25. The molecule has 0 bridgehead atoms. The van der Waals surface area contributed by atoms with E-state index in [1.54, 1.807) is 11.0 Å². The summed E-state index contributed by atoms with van der Waals surface area (Å²) >= 11 is 0. The molecule has 2 saturated heterocycles. The average Bonchev–Trinajstić information content (AvgIpc) is 2.85. The maximum Gasteiger partial charge on any atom is 0.292 e. The number of carbonyl (C=O) groups is 1. The van der Waals surface area contributed by atoms with Gasteiger partial charge in [0.15, 0.2) is 0 Å². The molecule has 118 valence electrons. The van der Waals surface area contributed by atoms with E-state index < -0.39 is 4.92 Å². The van der Waals surface area contributed by atoms with Gasteiger partial charge in [0.25, 0.3) is 11.6 Å². The van der Waals surface area contributed by atoms with Crippen LogP contribution in [0.5, 0.6) is 0 Å². The molecular weight excluding hydrogens is 284 g/mol. The van der Waals surface area contributed by atoms with Crippen LogP contribution in [0, 0.1) is 22.0 Å². The number of hydrogen-bond donors (Lipinski definition) is 2. The number of hydrogen-bond acceptors (Lipinski definition) is 5. The van der Waals surface area contributed by atoms with Crippen LogP contribution in [0.25, 0.3) is 0 Å². The largest absolute Gasteiger partial charge is 0.393 e. The minimum atomic E-state index is -0.551. The van der Waals surface area contributed by atoms with Crippen LogP contribution in [0.15, 0.2) is 18.2 Å². The molecule has 2 fully saturated rings. The number of nitro benzene ring substituents is 1. The highest BCUT2D eigenvalue weighted by atomic mass is 16.6. The maximum absolute atomic E-state index is 12.7. The molecular formula is C15H20N4O3. The third-order valence-corrected chi connectivity index (χ3v) is 4.82. The van der Waals surface area contributed by atoms with E-state index in [4.69, 9.17) is 5.73 Å². The van der Waals surface area contributed by atoms with E-state index in [2.05, 4.69) is 5.32 Å². The number of nitrogens with zero attached hydrogens (tertiary/aromatic N) is 2. The summed E-state index contributed by atoms with van der Waals surface area (Å²) in [6, 6.07) is 4.40. The maximum atomic E-state index is 12.7. The van der Waals surface area contributed by atoms with Gasteiger partial charge < -0.3 is 16.0 Å². The molecule has 0 unspecified atom stereocenters. The van der Waals surface area contributed by atoms with Gasteiger partial charge in [-0.1, -0.05) is 6.07 Å². The second kappa shape index (κ2) is 5.92. The Morgan fingerprint density at radius 2 is 1.91 bits per heavy atom. The van der Waals surface area contributed by atoms with Crippen molar-refractivity contribution < 1.29 is 9.72 Å². The zero-order chi connectivity index (χ0) is 15.7. The van der Waals surface area contributed by atoms with Crippen LogP contribution in [-0.4, -0.2) is 41.9 Å². The number of likely N-dealkylation sites (tertiary alicyclic amines) is 1. The summed E-state index contributed by atoms with van der Waals surface area (Å²) < 4.78 is 0. The molecule has 3 N–H and O–H groups in total. The Morgan fingerprint density at radius 1 is 1.27 bits per heavy atom. The molecule has 7 nitrogen and oxygen atoms in total. The van der Waals surface area contributed by atoms with Crippen LogP contribution in [-0.2, 0) is 0 Å². The van der Waals surface area contributed by atoms with Crippen molar-refractivity contribution in [3.05, 3.63) is 33.9 Å². The number of nitro groups is 1. The first-order valence-corrected chi connectivity index (χ1v) is 7.61. The summed E-state index contributed by atoms with van der Waals surface area (Å²) in [4.78, 5) is 24.9. The number of amides is 1. The van der Waals surface area contributed by atoms with Crippen molar-refractivity contribution in [2.45, 2.75) is 12.8 Å². The van der Waals surface area contributed by atoms with Gasteiger partial charge in [-0.3, -0.25) is 14.9 Å². The fourth-order valence-corrected chi connectivity index (χ4v) is 3.49. The van der Waals surface area contributed by atoms with Crippen molar-refractivity contribution in [3.63, 3.8) is 0 Å². The number of rotatable bonds is 2. The van der Waals surface area contributed by atoms with Crippen LogP contribution in [0.1, 0.15) is 23.2 Å². The van der Waals surface area contributed by atoms with Crippen LogP contribution in [0.2, 0.25) is 0 Å². The first kappa shape index (κ1) is 14.8. The van der Waals surface area contributed by atoms with Crippen molar-refractivity contribution in [1.82, 2.24) is 10.2 Å². The topological polar surface area (TPSA) is 102 Å². The van der Waals surface area contributed by atoms with Crippen molar-refractivity contribution >= 4 is 17.3 Å². The fraction of sp³-hybridized carbons (Fsp3) is 0.533. The van der Waals surface area contributed by atoms with Gasteiger partial charge in [0.2, 0.25) is 0 Å². The van der Waals surface area contributed by atoms with Gasteiger partial charge in [0.1, 0.15) is 5.69 Å². The van der Waals surface area contributed by atoms with Gasteiger partial charge >= 0.3 is 0 Å². The number of nitrogen functional groups attached to an aromatic ring is 1. The number of nitrogens with two attached hydrogens (primary N) is 1. The van der Waals surface area contributed by atoms with Crippen molar-refractivity contribution in [2.75, 3.05) is 31.9 Å². The highest BCUT2D eigenvalue weighted by molar-refractivity contribution is 6.01. The van der Waals surface area contributed by atoms with Crippen LogP contribution in [0.4, 0.5) is 11.4 Å². The zero-order valence-electron chi connectivity index (χ0n) is 12.3. The molecule has 2 atom stereocenters. The molecule has 2 aliphatic heterocycles. The smallest absolute Gasteiger partial charge is 0.292 e. The Kier molecular flexibility index (Phi) is 3.98. The molecule has 0 radical (unpaired) electrons. The molecule has 1 amide bonds. The predicted molar refractivity (Wildman–Crippen MR) is 82.5 cm³/mol. The molecule has 22 heavy (non-hydrogen) atoms. The first-order chi connectivity index (χ1) is 10.6. The molecule has 0 saturated carbocycles. The summed E-state index contributed by atoms with van der Waals surface area (Å²) in [6.07, 6.45) is 1.94. The van der Waals surface area contributed by atoms with Crippen molar-refractivity contribution in [3.8, 4) is 0 Å². The van der Waals surface area contributed by atoms with Gasteiger partial charge in [0, 0.05) is 19.2 Å². The van der Waals surface area contributed by atoms with Gasteiger partial charge in [-0.2, -0.15) is 0 Å². The molecule has 0 aromatic heterocycles. The SMILES string of the molecule is Nc1c(C(=O)N2CC[C@@H]3CNC[C@@H]3CC2)cccc1[N+](=O)[O-]. The molecule has 2 aliphatic rings. The van der Waals surface area contributed by atoms with Crippen LogP contribution < -0.4 is 11.1 Å². The van der Waals surface area contributed by atoms with E-state index in [9.17, 15) is 14.9 Å². The van der Waals surface area contributed by atoms with Crippen molar-refractivity contribution in [2.24, 2.45) is 11.8 Å². The average molecular weight is 304 g/mol. The Balaban J connectivity index is 1.79. The second-order valence-corrected chi connectivity index (χ2v) is 6.04. The normalized spacial score (nSPS) is 24.6. The molecule has 0 spiro atoms. The first-order valence-electron chi connectivity index (χ1n) is 7.61. The minimum absolute atomic E-state index is 0.0383. The highest BCUT2D eigenvalue weighted by Gasteiger charge is 2.32. The molecule has 7 heteroatoms. The number of nitrogens with one attached hydrogen (secondary N) is 1. The molecule has 3 rings (SSSR count).